The lowest BCUT2D eigenvalue weighted by Crippen LogP contribution is -2.28. The third kappa shape index (κ3) is 3.56. The van der Waals surface area contributed by atoms with Crippen LogP contribution in [0, 0.1) is 12.3 Å². The molecule has 1 aromatic rings. The van der Waals surface area contributed by atoms with Crippen molar-refractivity contribution in [2.24, 2.45) is 5.41 Å². The maximum atomic E-state index is 12.2. The second kappa shape index (κ2) is 6.03. The summed E-state index contributed by atoms with van der Waals surface area (Å²) in [5.74, 6) is -0.943. The van der Waals surface area contributed by atoms with Crippen molar-refractivity contribution in [3.63, 3.8) is 0 Å². The van der Waals surface area contributed by atoms with E-state index in [2.05, 4.69) is 10.3 Å². The molecule has 0 saturated heterocycles. The van der Waals surface area contributed by atoms with Crippen LogP contribution in [0.25, 0.3) is 0 Å². The number of aromatic nitrogens is 1. The minimum Gasteiger partial charge on any atom is -0.481 e. The van der Waals surface area contributed by atoms with E-state index in [9.17, 15) is 9.59 Å². The van der Waals surface area contributed by atoms with E-state index in [1.165, 1.54) is 0 Å². The molecule has 1 amide bonds. The number of nitrogens with zero attached hydrogens (tertiary/aromatic N) is 1. The molecule has 0 spiro atoms. The molecule has 0 unspecified atom stereocenters. The van der Waals surface area contributed by atoms with Crippen LogP contribution in [0.4, 0.5) is 5.69 Å². The Morgan fingerprint density at radius 1 is 1.35 bits per heavy atom. The zero-order valence-corrected chi connectivity index (χ0v) is 11.7. The molecule has 108 valence electrons. The first-order chi connectivity index (χ1) is 9.51. The number of carboxylic acids is 1. The van der Waals surface area contributed by atoms with Gasteiger partial charge < -0.3 is 10.4 Å². The highest BCUT2D eigenvalue weighted by atomic mass is 16.4. The number of anilines is 1. The molecule has 2 N–H and O–H groups in total. The van der Waals surface area contributed by atoms with Crippen LogP contribution in [0.5, 0.6) is 0 Å². The molecular weight excluding hydrogens is 256 g/mol. The number of aliphatic carboxylic acids is 1. The summed E-state index contributed by atoms with van der Waals surface area (Å²) in [5.41, 5.74) is 1.09. The van der Waals surface area contributed by atoms with Crippen LogP contribution in [-0.2, 0) is 9.59 Å². The van der Waals surface area contributed by atoms with Gasteiger partial charge in [0.15, 0.2) is 0 Å². The number of hydrogen-bond acceptors (Lipinski definition) is 3. The number of hydrogen-bond donors (Lipinski definition) is 2. The summed E-state index contributed by atoms with van der Waals surface area (Å²) >= 11 is 0. The van der Waals surface area contributed by atoms with Gasteiger partial charge in [0.1, 0.15) is 0 Å². The van der Waals surface area contributed by atoms with Gasteiger partial charge in [0.25, 0.3) is 0 Å². The summed E-state index contributed by atoms with van der Waals surface area (Å²) in [4.78, 5) is 27.3. The minimum absolute atomic E-state index is 0.0758. The Hall–Kier alpha value is -1.91. The third-order valence-electron chi connectivity index (χ3n) is 4.01. The zero-order valence-electron chi connectivity index (χ0n) is 11.7. The van der Waals surface area contributed by atoms with Gasteiger partial charge in [-0.3, -0.25) is 14.6 Å². The van der Waals surface area contributed by atoms with Crippen molar-refractivity contribution >= 4 is 17.6 Å². The number of carboxylic acid groups (broad SMARTS) is 1. The number of rotatable bonds is 5. The topological polar surface area (TPSA) is 79.3 Å². The van der Waals surface area contributed by atoms with Crippen LogP contribution in [-0.4, -0.2) is 22.0 Å². The van der Waals surface area contributed by atoms with E-state index >= 15 is 0 Å². The fourth-order valence-electron chi connectivity index (χ4n) is 3.01. The van der Waals surface area contributed by atoms with Crippen LogP contribution in [0.2, 0.25) is 0 Å². The Balaban J connectivity index is 2.02. The molecule has 5 nitrogen and oxygen atoms in total. The fourth-order valence-corrected chi connectivity index (χ4v) is 3.01. The number of amides is 1. The molecule has 20 heavy (non-hydrogen) atoms. The second-order valence-electron chi connectivity index (χ2n) is 5.64. The summed E-state index contributed by atoms with van der Waals surface area (Å²) < 4.78 is 0. The van der Waals surface area contributed by atoms with E-state index in [-0.39, 0.29) is 24.2 Å². The Bertz CT molecular complexity index is 508. The van der Waals surface area contributed by atoms with Crippen molar-refractivity contribution in [1.82, 2.24) is 4.98 Å². The van der Waals surface area contributed by atoms with Crippen molar-refractivity contribution in [1.29, 1.82) is 0 Å². The molecular formula is C15H20N2O3. The summed E-state index contributed by atoms with van der Waals surface area (Å²) in [6.07, 6.45) is 5.67. The molecule has 1 aliphatic carbocycles. The molecule has 0 bridgehead atoms. The lowest BCUT2D eigenvalue weighted by molar-refractivity contribution is -0.140. The van der Waals surface area contributed by atoms with Crippen LogP contribution in [0.15, 0.2) is 18.3 Å². The van der Waals surface area contributed by atoms with Crippen LogP contribution in [0.3, 0.4) is 0 Å². The molecule has 0 radical (unpaired) electrons. The SMILES string of the molecule is Cc1ncccc1NC(=O)CC1(CC(=O)O)CCCC1. The zero-order chi connectivity index (χ0) is 14.6. The molecule has 2 rings (SSSR count). The van der Waals surface area contributed by atoms with Crippen molar-refractivity contribution in [3.05, 3.63) is 24.0 Å². The van der Waals surface area contributed by atoms with Crippen LogP contribution >= 0.6 is 0 Å². The van der Waals surface area contributed by atoms with Crippen molar-refractivity contribution < 1.29 is 14.7 Å². The van der Waals surface area contributed by atoms with Gasteiger partial charge in [-0.25, -0.2) is 0 Å². The first-order valence-corrected chi connectivity index (χ1v) is 6.94. The van der Waals surface area contributed by atoms with Gasteiger partial charge in [0.05, 0.1) is 17.8 Å². The van der Waals surface area contributed by atoms with Crippen LogP contribution < -0.4 is 5.32 Å². The van der Waals surface area contributed by atoms with Gasteiger partial charge in [-0.15, -0.1) is 0 Å². The summed E-state index contributed by atoms with van der Waals surface area (Å²) in [5, 5.41) is 11.9. The molecule has 1 heterocycles. The predicted molar refractivity (Wildman–Crippen MR) is 75.4 cm³/mol. The monoisotopic (exact) mass is 276 g/mol. The van der Waals surface area contributed by atoms with Gasteiger partial charge in [0, 0.05) is 12.6 Å². The lowest BCUT2D eigenvalue weighted by atomic mass is 9.79. The Morgan fingerprint density at radius 3 is 2.65 bits per heavy atom. The average molecular weight is 276 g/mol. The van der Waals surface area contributed by atoms with E-state index in [1.54, 1.807) is 18.3 Å². The van der Waals surface area contributed by atoms with Gasteiger partial charge in [-0.05, 0) is 37.3 Å². The Kier molecular flexibility index (Phi) is 4.37. The molecule has 0 atom stereocenters. The molecule has 1 fully saturated rings. The minimum atomic E-state index is -0.822. The fraction of sp³-hybridized carbons (Fsp3) is 0.533. The average Bonchev–Trinajstić information content (AvgIpc) is 2.79. The lowest BCUT2D eigenvalue weighted by Gasteiger charge is -2.26. The first-order valence-electron chi connectivity index (χ1n) is 6.94. The highest BCUT2D eigenvalue weighted by molar-refractivity contribution is 5.92. The number of pyridine rings is 1. The highest BCUT2D eigenvalue weighted by Crippen LogP contribution is 2.44. The maximum Gasteiger partial charge on any atom is 0.303 e. The Morgan fingerprint density at radius 2 is 2.05 bits per heavy atom. The van der Waals surface area contributed by atoms with Crippen molar-refractivity contribution in [2.75, 3.05) is 5.32 Å². The molecule has 1 saturated carbocycles. The largest absolute Gasteiger partial charge is 0.481 e. The normalized spacial score (nSPS) is 16.9. The number of carbonyl (C=O) groups is 2. The first kappa shape index (κ1) is 14.5. The standard InChI is InChI=1S/C15H20N2O3/c1-11-12(5-4-8-16-11)17-13(18)9-15(10-14(19)20)6-2-3-7-15/h4-5,8H,2-3,6-7,9-10H2,1H3,(H,17,18)(H,19,20). The van der Waals surface area contributed by atoms with E-state index in [4.69, 9.17) is 5.11 Å². The second-order valence-corrected chi connectivity index (χ2v) is 5.64. The smallest absolute Gasteiger partial charge is 0.303 e. The number of aryl methyl sites for hydroxylation is 1. The number of carbonyl (C=O) groups excluding carboxylic acids is 1. The van der Waals surface area contributed by atoms with Gasteiger partial charge in [-0.2, -0.15) is 0 Å². The third-order valence-corrected chi connectivity index (χ3v) is 4.01. The molecule has 0 aliphatic heterocycles. The van der Waals surface area contributed by atoms with E-state index in [0.29, 0.717) is 5.69 Å². The summed E-state index contributed by atoms with van der Waals surface area (Å²) in [6.45, 7) is 1.83. The van der Waals surface area contributed by atoms with Crippen LogP contribution in [0.1, 0.15) is 44.2 Å². The van der Waals surface area contributed by atoms with Gasteiger partial charge in [-0.1, -0.05) is 12.8 Å². The predicted octanol–water partition coefficient (Wildman–Crippen LogP) is 2.75. The van der Waals surface area contributed by atoms with Gasteiger partial charge >= 0.3 is 5.97 Å². The van der Waals surface area contributed by atoms with E-state index in [0.717, 1.165) is 31.4 Å². The Labute approximate surface area is 118 Å². The molecule has 1 aliphatic rings. The van der Waals surface area contributed by atoms with Crippen molar-refractivity contribution in [2.45, 2.75) is 45.4 Å². The van der Waals surface area contributed by atoms with E-state index in [1.807, 2.05) is 6.92 Å². The highest BCUT2D eigenvalue weighted by Gasteiger charge is 2.38. The van der Waals surface area contributed by atoms with Gasteiger partial charge in [0.2, 0.25) is 5.91 Å². The maximum absolute atomic E-state index is 12.2. The number of nitrogens with one attached hydrogen (secondary N) is 1. The van der Waals surface area contributed by atoms with E-state index < -0.39 is 5.97 Å². The summed E-state index contributed by atoms with van der Waals surface area (Å²) in [6, 6.07) is 3.57. The molecule has 0 aromatic carbocycles. The quantitative estimate of drug-likeness (QED) is 0.866. The summed E-state index contributed by atoms with van der Waals surface area (Å²) in [7, 11) is 0. The van der Waals surface area contributed by atoms with Crippen molar-refractivity contribution in [3.8, 4) is 0 Å². The molecule has 1 aromatic heterocycles. The molecule has 5 heteroatoms.